The van der Waals surface area contributed by atoms with Gasteiger partial charge in [-0.3, -0.25) is 10.2 Å². The lowest BCUT2D eigenvalue weighted by atomic mass is 9.83. The normalized spacial score (nSPS) is 11.4. The van der Waals surface area contributed by atoms with Crippen molar-refractivity contribution in [2.24, 2.45) is 5.84 Å². The van der Waals surface area contributed by atoms with E-state index in [1.54, 1.807) is 12.1 Å². The summed E-state index contributed by atoms with van der Waals surface area (Å²) in [4.78, 5) is 11.6. The zero-order valence-electron chi connectivity index (χ0n) is 10.8. The van der Waals surface area contributed by atoms with Crippen molar-refractivity contribution in [1.29, 1.82) is 0 Å². The number of carbonyl (C=O) groups is 1. The Bertz CT molecular complexity index is 434. The topological polar surface area (TPSA) is 75.4 Å². The number of phenols is 1. The Morgan fingerprint density at radius 1 is 1.41 bits per heavy atom. The van der Waals surface area contributed by atoms with Gasteiger partial charge in [0.15, 0.2) is 0 Å². The van der Waals surface area contributed by atoms with Gasteiger partial charge in [-0.25, -0.2) is 5.84 Å². The van der Waals surface area contributed by atoms with E-state index in [1.165, 1.54) is 0 Å². The Morgan fingerprint density at radius 3 is 2.41 bits per heavy atom. The summed E-state index contributed by atoms with van der Waals surface area (Å²) in [6.07, 6.45) is 0.667. The minimum absolute atomic E-state index is 0.223. The molecule has 0 atom stereocenters. The van der Waals surface area contributed by atoms with Crippen LogP contribution in [0.4, 0.5) is 0 Å². The number of nitrogens with one attached hydrogen (secondary N) is 1. The molecule has 0 saturated carbocycles. The second-order valence-corrected chi connectivity index (χ2v) is 5.11. The van der Waals surface area contributed by atoms with E-state index >= 15 is 0 Å². The van der Waals surface area contributed by atoms with Crippen LogP contribution in [0.5, 0.6) is 5.75 Å². The maximum Gasteiger partial charge on any atom is 0.265 e. The summed E-state index contributed by atoms with van der Waals surface area (Å²) in [5.41, 5.74) is 3.89. The highest BCUT2D eigenvalue weighted by Crippen LogP contribution is 2.34. The van der Waals surface area contributed by atoms with E-state index in [-0.39, 0.29) is 17.1 Å². The average Bonchev–Trinajstić information content (AvgIpc) is 2.26. The molecule has 0 aliphatic carbocycles. The molecule has 0 fully saturated rings. The Balaban J connectivity index is 3.44. The number of nitrogens with two attached hydrogens (primary N) is 1. The van der Waals surface area contributed by atoms with Gasteiger partial charge in [-0.15, -0.1) is 0 Å². The molecule has 1 aromatic carbocycles. The minimum atomic E-state index is -0.342. The van der Waals surface area contributed by atoms with Crippen molar-refractivity contribution in [3.05, 3.63) is 28.8 Å². The molecule has 94 valence electrons. The molecule has 0 saturated heterocycles. The summed E-state index contributed by atoms with van der Waals surface area (Å²) in [5, 5.41) is 10.1. The van der Waals surface area contributed by atoms with Crippen LogP contribution in [-0.4, -0.2) is 11.0 Å². The Kier molecular flexibility index (Phi) is 3.78. The first kappa shape index (κ1) is 13.5. The number of benzene rings is 1. The molecule has 0 bridgehead atoms. The molecule has 0 unspecified atom stereocenters. The molecular formula is C13H20N2O2. The number of rotatable bonds is 2. The van der Waals surface area contributed by atoms with E-state index in [2.05, 4.69) is 5.43 Å². The number of phenolic OH excluding ortho intramolecular Hbond substituents is 1. The first-order chi connectivity index (χ1) is 7.81. The second kappa shape index (κ2) is 4.75. The molecule has 0 aromatic heterocycles. The van der Waals surface area contributed by atoms with Gasteiger partial charge < -0.3 is 5.11 Å². The van der Waals surface area contributed by atoms with Crippen molar-refractivity contribution in [3.63, 3.8) is 0 Å². The van der Waals surface area contributed by atoms with Gasteiger partial charge in [0, 0.05) is 11.1 Å². The minimum Gasteiger partial charge on any atom is -0.507 e. The van der Waals surface area contributed by atoms with E-state index in [0.717, 1.165) is 11.1 Å². The van der Waals surface area contributed by atoms with E-state index in [1.807, 2.05) is 27.7 Å². The maximum atomic E-state index is 11.6. The molecule has 0 aliphatic rings. The fourth-order valence-corrected chi connectivity index (χ4v) is 1.75. The van der Waals surface area contributed by atoms with E-state index < -0.39 is 0 Å². The lowest BCUT2D eigenvalue weighted by Gasteiger charge is -2.22. The molecule has 4 nitrogen and oxygen atoms in total. The predicted molar refractivity (Wildman–Crippen MR) is 67.8 cm³/mol. The lowest BCUT2D eigenvalue weighted by molar-refractivity contribution is 0.0953. The molecule has 0 heterocycles. The zero-order chi connectivity index (χ0) is 13.2. The van der Waals surface area contributed by atoms with Crippen molar-refractivity contribution in [2.45, 2.75) is 39.5 Å². The number of carbonyl (C=O) groups excluding carboxylic acids is 1. The first-order valence-electron chi connectivity index (χ1n) is 5.68. The summed E-state index contributed by atoms with van der Waals surface area (Å²) in [6.45, 7) is 7.91. The van der Waals surface area contributed by atoms with Crippen molar-refractivity contribution in [3.8, 4) is 5.75 Å². The predicted octanol–water partition coefficient (Wildman–Crippen LogP) is 1.86. The van der Waals surface area contributed by atoms with Crippen LogP contribution in [0.3, 0.4) is 0 Å². The number of aryl methyl sites for hydroxylation is 1. The smallest absolute Gasteiger partial charge is 0.265 e. The van der Waals surface area contributed by atoms with Gasteiger partial charge in [0.05, 0.1) is 0 Å². The van der Waals surface area contributed by atoms with Crippen LogP contribution < -0.4 is 11.3 Å². The van der Waals surface area contributed by atoms with Gasteiger partial charge in [0.2, 0.25) is 0 Å². The number of hydrazine groups is 1. The fourth-order valence-electron chi connectivity index (χ4n) is 1.75. The molecular weight excluding hydrogens is 216 g/mol. The lowest BCUT2D eigenvalue weighted by Crippen LogP contribution is -2.30. The van der Waals surface area contributed by atoms with Gasteiger partial charge in [-0.2, -0.15) is 0 Å². The Morgan fingerprint density at radius 2 is 2.00 bits per heavy atom. The molecule has 17 heavy (non-hydrogen) atoms. The standard InChI is InChI=1S/C13H20N2O2/c1-5-8-6-9(12(17)15-14)7-10(11(8)16)13(2,3)4/h6-7,16H,5,14H2,1-4H3,(H,15,17). The number of nitrogen functional groups attached to an aromatic ring is 1. The van der Waals surface area contributed by atoms with Crippen molar-refractivity contribution >= 4 is 5.91 Å². The van der Waals surface area contributed by atoms with Crippen LogP contribution in [0, 0.1) is 0 Å². The van der Waals surface area contributed by atoms with Crippen molar-refractivity contribution < 1.29 is 9.90 Å². The van der Waals surface area contributed by atoms with Crippen LogP contribution in [0.25, 0.3) is 0 Å². The highest BCUT2D eigenvalue weighted by Gasteiger charge is 2.22. The van der Waals surface area contributed by atoms with Gasteiger partial charge in [-0.1, -0.05) is 27.7 Å². The highest BCUT2D eigenvalue weighted by molar-refractivity contribution is 5.94. The number of amides is 1. The van der Waals surface area contributed by atoms with E-state index in [4.69, 9.17) is 5.84 Å². The third-order valence-corrected chi connectivity index (χ3v) is 2.77. The first-order valence-corrected chi connectivity index (χ1v) is 5.68. The zero-order valence-corrected chi connectivity index (χ0v) is 10.8. The third-order valence-electron chi connectivity index (χ3n) is 2.77. The number of aromatic hydroxyl groups is 1. The molecule has 1 aromatic rings. The highest BCUT2D eigenvalue weighted by atomic mass is 16.3. The molecule has 4 N–H and O–H groups in total. The van der Waals surface area contributed by atoms with Crippen LogP contribution in [-0.2, 0) is 11.8 Å². The number of hydrogen-bond donors (Lipinski definition) is 3. The second-order valence-electron chi connectivity index (χ2n) is 5.11. The molecule has 0 aliphatic heterocycles. The fraction of sp³-hybridized carbons (Fsp3) is 0.462. The van der Waals surface area contributed by atoms with Crippen molar-refractivity contribution in [1.82, 2.24) is 5.43 Å². The van der Waals surface area contributed by atoms with Crippen LogP contribution in [0.15, 0.2) is 12.1 Å². The monoisotopic (exact) mass is 236 g/mol. The average molecular weight is 236 g/mol. The summed E-state index contributed by atoms with van der Waals surface area (Å²) >= 11 is 0. The summed E-state index contributed by atoms with van der Waals surface area (Å²) < 4.78 is 0. The van der Waals surface area contributed by atoms with Gasteiger partial charge in [-0.05, 0) is 29.5 Å². The summed E-state index contributed by atoms with van der Waals surface area (Å²) in [5.74, 6) is 5.06. The molecule has 0 radical (unpaired) electrons. The maximum absolute atomic E-state index is 11.6. The summed E-state index contributed by atoms with van der Waals surface area (Å²) in [6, 6.07) is 3.36. The SMILES string of the molecule is CCc1cc(C(=O)NN)cc(C(C)(C)C)c1O. The molecule has 1 amide bonds. The molecule has 1 rings (SSSR count). The summed E-state index contributed by atoms with van der Waals surface area (Å²) in [7, 11) is 0. The molecule has 0 spiro atoms. The number of hydrogen-bond acceptors (Lipinski definition) is 3. The van der Waals surface area contributed by atoms with Gasteiger partial charge in [0.1, 0.15) is 5.75 Å². The van der Waals surface area contributed by atoms with Gasteiger partial charge in [0.25, 0.3) is 5.91 Å². The van der Waals surface area contributed by atoms with Crippen molar-refractivity contribution in [2.75, 3.05) is 0 Å². The van der Waals surface area contributed by atoms with Crippen LogP contribution in [0.2, 0.25) is 0 Å². The largest absolute Gasteiger partial charge is 0.507 e. The quantitative estimate of drug-likeness (QED) is 0.417. The third kappa shape index (κ3) is 2.77. The van der Waals surface area contributed by atoms with Crippen LogP contribution >= 0.6 is 0 Å². The Hall–Kier alpha value is -1.55. The van der Waals surface area contributed by atoms with Crippen LogP contribution in [0.1, 0.15) is 49.2 Å². The molecule has 4 heteroatoms. The van der Waals surface area contributed by atoms with Gasteiger partial charge >= 0.3 is 0 Å². The van der Waals surface area contributed by atoms with E-state index in [0.29, 0.717) is 12.0 Å². The Labute approximate surface area is 102 Å². The van der Waals surface area contributed by atoms with E-state index in [9.17, 15) is 9.90 Å².